The fourth-order valence-electron chi connectivity index (χ4n) is 3.97. The van der Waals surface area contributed by atoms with E-state index in [1.165, 1.54) is 17.7 Å². The molecule has 0 spiro atoms. The summed E-state index contributed by atoms with van der Waals surface area (Å²) in [5.74, 6) is -0.174. The summed E-state index contributed by atoms with van der Waals surface area (Å²) in [5, 5.41) is 3.09. The first-order chi connectivity index (χ1) is 15.9. The number of hydrogen-bond acceptors (Lipinski definition) is 4. The average Bonchev–Trinajstić information content (AvgIpc) is 2.82. The molecule has 1 amide bonds. The molecule has 0 aromatic heterocycles. The zero-order valence-corrected chi connectivity index (χ0v) is 20.7. The van der Waals surface area contributed by atoms with Gasteiger partial charge in [-0.1, -0.05) is 48.0 Å². The summed E-state index contributed by atoms with van der Waals surface area (Å²) in [7, 11) is -3.72. The lowest BCUT2D eigenvalue weighted by molar-refractivity contribution is 0.0909. The number of amides is 1. The van der Waals surface area contributed by atoms with Crippen molar-refractivity contribution >= 4 is 34.0 Å². The number of benzene rings is 3. The van der Waals surface area contributed by atoms with Gasteiger partial charge in [0.05, 0.1) is 4.90 Å². The predicted octanol–water partition coefficient (Wildman–Crippen LogP) is 4.61. The minimum absolute atomic E-state index is 0. The fraction of sp³-hybridized carbons (Fsp3) is 0.269. The Balaban J connectivity index is 0.00000324. The largest absolute Gasteiger partial charge is 0.349 e. The number of nitrogens with one attached hydrogen (secondary N) is 2. The average molecular weight is 500 g/mol. The second-order valence-electron chi connectivity index (χ2n) is 8.51. The molecule has 1 heterocycles. The van der Waals surface area contributed by atoms with Crippen LogP contribution in [-0.4, -0.2) is 38.4 Å². The van der Waals surface area contributed by atoms with E-state index >= 15 is 0 Å². The predicted molar refractivity (Wildman–Crippen MR) is 138 cm³/mol. The molecule has 1 aliphatic heterocycles. The van der Waals surface area contributed by atoms with Crippen molar-refractivity contribution in [2.75, 3.05) is 17.8 Å². The molecule has 1 aliphatic rings. The molecule has 2 N–H and O–H groups in total. The van der Waals surface area contributed by atoms with Gasteiger partial charge in [-0.05, 0) is 61.7 Å². The smallest absolute Gasteiger partial charge is 0.261 e. The van der Waals surface area contributed by atoms with Crippen LogP contribution in [0.3, 0.4) is 0 Å². The van der Waals surface area contributed by atoms with Gasteiger partial charge in [-0.3, -0.25) is 14.4 Å². The minimum Gasteiger partial charge on any atom is -0.349 e. The maximum Gasteiger partial charge on any atom is 0.261 e. The van der Waals surface area contributed by atoms with E-state index in [0.717, 1.165) is 38.0 Å². The van der Waals surface area contributed by atoms with Crippen LogP contribution in [0.1, 0.15) is 34.3 Å². The van der Waals surface area contributed by atoms with E-state index in [2.05, 4.69) is 39.2 Å². The molecule has 1 saturated heterocycles. The monoisotopic (exact) mass is 499 g/mol. The standard InChI is InChI=1S/C26H29N3O3S.ClH/c1-20-7-11-24(12-8-20)28-33(31,32)25-13-9-22(10-14-25)26(30)27-23-15-17-29(18-16-23)19-21-5-3-2-4-6-21;/h2-14,23,28H,15-19H2,1H3,(H,27,30);1H. The second kappa shape index (κ2) is 11.5. The molecule has 6 nitrogen and oxygen atoms in total. The van der Waals surface area contributed by atoms with Crippen molar-refractivity contribution < 1.29 is 13.2 Å². The van der Waals surface area contributed by atoms with E-state index < -0.39 is 10.0 Å². The lowest BCUT2D eigenvalue weighted by Crippen LogP contribution is -2.44. The Bertz CT molecular complexity index is 1180. The van der Waals surface area contributed by atoms with Crippen molar-refractivity contribution in [1.82, 2.24) is 10.2 Å². The van der Waals surface area contributed by atoms with Crippen LogP contribution in [0, 0.1) is 6.92 Å². The number of piperidine rings is 1. The molecule has 34 heavy (non-hydrogen) atoms. The Morgan fingerprint density at radius 3 is 2.15 bits per heavy atom. The highest BCUT2D eigenvalue weighted by Gasteiger charge is 2.22. The van der Waals surface area contributed by atoms with E-state index in [-0.39, 0.29) is 29.3 Å². The van der Waals surface area contributed by atoms with Crippen LogP contribution in [-0.2, 0) is 16.6 Å². The molecule has 0 atom stereocenters. The van der Waals surface area contributed by atoms with Crippen LogP contribution in [0.2, 0.25) is 0 Å². The number of rotatable bonds is 7. The zero-order chi connectivity index (χ0) is 23.3. The van der Waals surface area contributed by atoms with Crippen molar-refractivity contribution in [1.29, 1.82) is 0 Å². The van der Waals surface area contributed by atoms with Crippen LogP contribution in [0.5, 0.6) is 0 Å². The van der Waals surface area contributed by atoms with Gasteiger partial charge in [0.1, 0.15) is 0 Å². The van der Waals surface area contributed by atoms with Crippen LogP contribution < -0.4 is 10.0 Å². The first kappa shape index (κ1) is 25.7. The Morgan fingerprint density at radius 1 is 0.912 bits per heavy atom. The third-order valence-electron chi connectivity index (χ3n) is 5.90. The number of hydrogen-bond donors (Lipinski definition) is 2. The Hall–Kier alpha value is -2.87. The summed E-state index contributed by atoms with van der Waals surface area (Å²) in [6, 6.07) is 23.7. The SMILES string of the molecule is Cc1ccc(NS(=O)(=O)c2ccc(C(=O)NC3CCN(Cc4ccccc4)CC3)cc2)cc1.Cl. The van der Waals surface area contributed by atoms with Crippen molar-refractivity contribution in [3.8, 4) is 0 Å². The molecule has 180 valence electrons. The lowest BCUT2D eigenvalue weighted by atomic mass is 10.0. The molecule has 0 saturated carbocycles. The van der Waals surface area contributed by atoms with Gasteiger partial charge >= 0.3 is 0 Å². The number of sulfonamides is 1. The van der Waals surface area contributed by atoms with Crippen LogP contribution in [0.4, 0.5) is 5.69 Å². The fourth-order valence-corrected chi connectivity index (χ4v) is 5.03. The van der Waals surface area contributed by atoms with E-state index in [4.69, 9.17) is 0 Å². The molecule has 3 aromatic carbocycles. The topological polar surface area (TPSA) is 78.5 Å². The maximum absolute atomic E-state index is 12.7. The van der Waals surface area contributed by atoms with Crippen LogP contribution >= 0.6 is 12.4 Å². The molecule has 4 rings (SSSR count). The highest BCUT2D eigenvalue weighted by molar-refractivity contribution is 7.92. The Labute approximate surface area is 207 Å². The molecule has 0 bridgehead atoms. The van der Waals surface area contributed by atoms with Gasteiger partial charge in [0, 0.05) is 36.9 Å². The number of likely N-dealkylation sites (tertiary alicyclic amines) is 1. The highest BCUT2D eigenvalue weighted by atomic mass is 35.5. The number of halogens is 1. The number of carbonyl (C=O) groups excluding carboxylic acids is 1. The first-order valence-electron chi connectivity index (χ1n) is 11.2. The van der Waals surface area contributed by atoms with E-state index in [1.807, 2.05) is 25.1 Å². The van der Waals surface area contributed by atoms with Crippen molar-refractivity contribution in [3.63, 3.8) is 0 Å². The summed E-state index contributed by atoms with van der Waals surface area (Å²) >= 11 is 0. The van der Waals surface area contributed by atoms with E-state index in [1.54, 1.807) is 24.3 Å². The highest BCUT2D eigenvalue weighted by Crippen LogP contribution is 2.18. The summed E-state index contributed by atoms with van der Waals surface area (Å²) in [5.41, 5.74) is 3.30. The van der Waals surface area contributed by atoms with E-state index in [9.17, 15) is 13.2 Å². The van der Waals surface area contributed by atoms with Gasteiger partial charge in [-0.25, -0.2) is 8.42 Å². The molecule has 8 heteroatoms. The number of nitrogens with zero attached hydrogens (tertiary/aromatic N) is 1. The van der Waals surface area contributed by atoms with Gasteiger partial charge in [0.2, 0.25) is 0 Å². The molecule has 1 fully saturated rings. The normalized spacial score (nSPS) is 14.7. The lowest BCUT2D eigenvalue weighted by Gasteiger charge is -2.32. The van der Waals surface area contributed by atoms with Gasteiger partial charge in [0.15, 0.2) is 0 Å². The molecule has 0 aliphatic carbocycles. The van der Waals surface area contributed by atoms with Crippen molar-refractivity contribution in [2.24, 2.45) is 0 Å². The Morgan fingerprint density at radius 2 is 1.53 bits per heavy atom. The van der Waals surface area contributed by atoms with Crippen molar-refractivity contribution in [2.45, 2.75) is 37.2 Å². The number of carbonyl (C=O) groups is 1. The third-order valence-corrected chi connectivity index (χ3v) is 7.30. The van der Waals surface area contributed by atoms with Crippen LogP contribution in [0.15, 0.2) is 83.8 Å². The van der Waals surface area contributed by atoms with Gasteiger partial charge < -0.3 is 5.32 Å². The first-order valence-corrected chi connectivity index (χ1v) is 12.6. The second-order valence-corrected chi connectivity index (χ2v) is 10.2. The third kappa shape index (κ3) is 6.82. The molecular weight excluding hydrogens is 470 g/mol. The minimum atomic E-state index is -3.72. The van der Waals surface area contributed by atoms with E-state index in [0.29, 0.717) is 11.3 Å². The number of aryl methyl sites for hydroxylation is 1. The summed E-state index contributed by atoms with van der Waals surface area (Å²) < 4.78 is 27.8. The van der Waals surface area contributed by atoms with Gasteiger partial charge in [-0.2, -0.15) is 0 Å². The number of anilines is 1. The Kier molecular flexibility index (Phi) is 8.72. The van der Waals surface area contributed by atoms with Crippen LogP contribution in [0.25, 0.3) is 0 Å². The summed E-state index contributed by atoms with van der Waals surface area (Å²) in [4.78, 5) is 15.2. The molecular formula is C26H30ClN3O3S. The summed E-state index contributed by atoms with van der Waals surface area (Å²) in [6.45, 7) is 4.73. The van der Waals surface area contributed by atoms with Crippen molar-refractivity contribution in [3.05, 3.63) is 95.6 Å². The molecule has 0 radical (unpaired) electrons. The maximum atomic E-state index is 12.7. The molecule has 0 unspecified atom stereocenters. The van der Waals surface area contributed by atoms with Gasteiger partial charge in [0.25, 0.3) is 15.9 Å². The molecule has 3 aromatic rings. The summed E-state index contributed by atoms with van der Waals surface area (Å²) in [6.07, 6.45) is 1.79. The zero-order valence-electron chi connectivity index (χ0n) is 19.1. The van der Waals surface area contributed by atoms with Gasteiger partial charge in [-0.15, -0.1) is 12.4 Å². The quantitative estimate of drug-likeness (QED) is 0.497.